The van der Waals surface area contributed by atoms with Gasteiger partial charge in [0.1, 0.15) is 92.0 Å². The first-order valence-electron chi connectivity index (χ1n) is 42.3. The van der Waals surface area contributed by atoms with E-state index in [1.807, 2.05) is 0 Å². The molecule has 12 nitrogen and oxygen atoms in total. The van der Waals surface area contributed by atoms with Crippen LogP contribution in [0.1, 0.15) is 0 Å². The minimum absolute atomic E-state index is 0.163. The van der Waals surface area contributed by atoms with E-state index in [1.54, 1.807) is 0 Å². The highest BCUT2D eigenvalue weighted by molar-refractivity contribution is 7.03. The Balaban J connectivity index is 0.635. The second-order valence-electron chi connectivity index (χ2n) is 33.9. The number of hydrogen-bond donors (Lipinski definition) is 0. The minimum atomic E-state index is -0.163. The number of para-hydroxylation sites is 4. The van der Waals surface area contributed by atoms with Gasteiger partial charge in [-0.05, 0) is 330 Å². The molecule has 30 rings (SSSR count). The Labute approximate surface area is 713 Å². The van der Waals surface area contributed by atoms with Gasteiger partial charge in [0, 0.05) is 90.1 Å². The highest BCUT2D eigenvalue weighted by Crippen LogP contribution is 2.55. The maximum atomic E-state index is 7.36. The average Bonchev–Trinajstić information content (AvgIpc) is 0.706. The van der Waals surface area contributed by atoms with Gasteiger partial charge in [-0.15, -0.1) is 0 Å². The van der Waals surface area contributed by atoms with Crippen LogP contribution in [-0.4, -0.2) is 26.9 Å². The Morgan fingerprint density at radius 3 is 0.427 bits per heavy atom. The molecule has 124 heavy (non-hydrogen) atoms. The topological polar surface area (TPSA) is 86.8 Å². The van der Waals surface area contributed by atoms with E-state index < -0.39 is 0 Å². The molecule has 0 unspecified atom stereocenters. The van der Waals surface area contributed by atoms with Crippen molar-refractivity contribution < 1.29 is 37.9 Å². The van der Waals surface area contributed by atoms with Gasteiger partial charge in [-0.2, -0.15) is 0 Å². The van der Waals surface area contributed by atoms with Crippen molar-refractivity contribution in [2.24, 2.45) is 0 Å². The van der Waals surface area contributed by atoms with Gasteiger partial charge in [-0.1, -0.05) is 121 Å². The predicted octanol–water partition coefficient (Wildman–Crippen LogP) is 20.1. The Bertz CT molecular complexity index is 6740. The molecular weight excluding hydrogens is 1520 g/mol. The molecule has 0 bridgehead atoms. The molecule has 0 fully saturated rings. The van der Waals surface area contributed by atoms with E-state index in [4.69, 9.17) is 37.9 Å². The maximum absolute atomic E-state index is 7.36. The summed E-state index contributed by atoms with van der Waals surface area (Å²) in [6.07, 6.45) is 0. The number of rotatable bonds is 9. The molecule has 0 amide bonds. The van der Waals surface area contributed by atoms with Crippen LogP contribution in [0.4, 0.5) is 68.2 Å². The predicted molar refractivity (Wildman–Crippen MR) is 497 cm³/mol. The van der Waals surface area contributed by atoms with E-state index in [2.05, 4.69) is 371 Å². The Morgan fingerprint density at radius 2 is 0.274 bits per heavy atom. The summed E-state index contributed by atoms with van der Waals surface area (Å²) in [6, 6.07) is 126. The van der Waals surface area contributed by atoms with Gasteiger partial charge in [-0.3, -0.25) is 0 Å². The second kappa shape index (κ2) is 23.9. The zero-order chi connectivity index (χ0) is 80.2. The molecule has 12 aliphatic heterocycles. The lowest BCUT2D eigenvalue weighted by atomic mass is 9.33. The zero-order valence-corrected chi connectivity index (χ0v) is 65.9. The van der Waals surface area contributed by atoms with E-state index in [-0.39, 0.29) is 26.9 Å². The molecule has 12 heterocycles. The lowest BCUT2D eigenvalue weighted by Crippen LogP contribution is -2.61. The van der Waals surface area contributed by atoms with Crippen LogP contribution >= 0.6 is 0 Å². The zero-order valence-electron chi connectivity index (χ0n) is 65.9. The molecule has 570 valence electrons. The van der Waals surface area contributed by atoms with E-state index >= 15 is 0 Å². The lowest BCUT2D eigenvalue weighted by Gasteiger charge is -2.42. The summed E-state index contributed by atoms with van der Waals surface area (Å²) in [4.78, 5) is 9.40. The van der Waals surface area contributed by atoms with Crippen LogP contribution in [0.3, 0.4) is 0 Å². The first kappa shape index (κ1) is 65.7. The van der Waals surface area contributed by atoms with Crippen molar-refractivity contribution in [3.8, 4) is 148 Å². The average molecular weight is 1580 g/mol. The normalized spacial score (nSPS) is 14.4. The summed E-state index contributed by atoms with van der Waals surface area (Å²) in [6.45, 7) is -0.650. The van der Waals surface area contributed by atoms with Crippen LogP contribution in [0.2, 0.25) is 0 Å². The molecule has 0 saturated carbocycles. The SMILES string of the molecule is c1ccc(N2c3cccc4c3B3c5c(cc(-c6cc(-c7cc(-c8cc9c%10c(c8)Oc8cccc%11c8B%10c8c(cccc8N%11c8ccccc8)O9)cc(-c8cc9c%10c(c8)Oc8cccc%11c8B%10c8c(cccc8N%11c8ccccc8)O9)c7)cc(-c7cc8c9c(c7)Oc7cccc%10c7B9c7c(cccc7N%10c7ccccc7)O8)c6)cc5Oc5cccc2c53)O4)cc1. The fourth-order valence-electron chi connectivity index (χ4n) is 22.6. The summed E-state index contributed by atoms with van der Waals surface area (Å²) in [5, 5.41) is 0. The first-order valence-corrected chi connectivity index (χ1v) is 42.3. The fourth-order valence-corrected chi connectivity index (χ4v) is 22.6. The van der Waals surface area contributed by atoms with Crippen molar-refractivity contribution in [3.05, 3.63) is 352 Å². The van der Waals surface area contributed by atoms with Crippen molar-refractivity contribution in [3.63, 3.8) is 0 Å². The number of hydrogen-bond acceptors (Lipinski definition) is 12. The summed E-state index contributed by atoms with van der Waals surface area (Å²) in [7, 11) is 0. The second-order valence-corrected chi connectivity index (χ2v) is 33.9. The summed E-state index contributed by atoms with van der Waals surface area (Å²) < 4.78 is 58.9. The standard InChI is InChI=1S/C108H58B4N4O8/c1-5-21-69(22-6-1)113-73-29-13-37-81-97(73)109-98-74(113)30-14-38-82(98)118-90-52-65(51-89(117-81)105(90)109)61-45-59(46-62(49-61)66-53-91-106-92(54-66)120-84-40-16-32-76-100(84)110(106)99-75(31-15-39-83(99)119-91)114(76)70-23-7-2-8-24-70)60-47-63(67-55-93-107-94(56-67)122-86-42-18-34-78-102(86)111(107)101-77(33-17-41-85(101)121-93)115(78)71-25-9-3-10-26-71)50-64(48-60)68-57-95-108-96(58-68)124-88-44-20-36-80-104(88)112(108)103-79(35-19-43-87(103)123-95)116(80)72-27-11-4-12-28-72/h1-58H. The van der Waals surface area contributed by atoms with Crippen LogP contribution in [0.5, 0.6) is 92.0 Å². The van der Waals surface area contributed by atoms with Crippen molar-refractivity contribution in [2.45, 2.75) is 0 Å². The minimum Gasteiger partial charge on any atom is -0.458 e. The Morgan fingerprint density at radius 1 is 0.129 bits per heavy atom. The highest BCUT2D eigenvalue weighted by atomic mass is 16.5. The lowest BCUT2D eigenvalue weighted by molar-refractivity contribution is 0.464. The monoisotopic (exact) mass is 1580 g/mol. The number of anilines is 12. The van der Waals surface area contributed by atoms with E-state index in [9.17, 15) is 0 Å². The maximum Gasteiger partial charge on any atom is 0.266 e. The quantitative estimate of drug-likeness (QED) is 0.129. The first-order chi connectivity index (χ1) is 61.4. The van der Waals surface area contributed by atoms with Gasteiger partial charge >= 0.3 is 0 Å². The Hall–Kier alpha value is -16.2. The number of benzene rings is 18. The van der Waals surface area contributed by atoms with Crippen LogP contribution in [0, 0.1) is 0 Å². The molecule has 0 aliphatic carbocycles. The van der Waals surface area contributed by atoms with Gasteiger partial charge in [-0.25, -0.2) is 0 Å². The summed E-state index contributed by atoms with van der Waals surface area (Å²) >= 11 is 0. The van der Waals surface area contributed by atoms with Crippen LogP contribution in [0.15, 0.2) is 352 Å². The summed E-state index contributed by atoms with van der Waals surface area (Å²) in [5.74, 6) is 12.4. The fraction of sp³-hybridized carbons (Fsp3) is 0. The molecule has 0 spiro atoms. The molecule has 16 heteroatoms. The molecule has 0 saturated heterocycles. The van der Waals surface area contributed by atoms with Crippen molar-refractivity contribution in [1.82, 2.24) is 0 Å². The van der Waals surface area contributed by atoms with Gasteiger partial charge in [0.15, 0.2) is 0 Å². The van der Waals surface area contributed by atoms with E-state index in [1.165, 1.54) is 0 Å². The smallest absolute Gasteiger partial charge is 0.266 e. The van der Waals surface area contributed by atoms with E-state index in [0.717, 1.165) is 281 Å². The summed E-state index contributed by atoms with van der Waals surface area (Å²) in [5.41, 5.74) is 35.0. The molecule has 12 aliphatic rings. The van der Waals surface area contributed by atoms with E-state index in [0.29, 0.717) is 0 Å². The Kier molecular flexibility index (Phi) is 12.7. The third-order valence-electron chi connectivity index (χ3n) is 27.5. The van der Waals surface area contributed by atoms with Gasteiger partial charge in [0.05, 0.1) is 0 Å². The molecule has 0 aromatic heterocycles. The van der Waals surface area contributed by atoms with Gasteiger partial charge in [0.25, 0.3) is 26.9 Å². The van der Waals surface area contributed by atoms with Crippen LogP contribution in [-0.2, 0) is 0 Å². The van der Waals surface area contributed by atoms with Crippen LogP contribution < -0.4 is 123 Å². The largest absolute Gasteiger partial charge is 0.458 e. The number of ether oxygens (including phenoxy) is 8. The molecule has 0 atom stereocenters. The molecule has 0 radical (unpaired) electrons. The molecule has 0 N–H and O–H groups in total. The van der Waals surface area contributed by atoms with Gasteiger partial charge < -0.3 is 57.5 Å². The van der Waals surface area contributed by atoms with Gasteiger partial charge in [0.2, 0.25) is 0 Å². The third-order valence-corrected chi connectivity index (χ3v) is 27.5. The van der Waals surface area contributed by atoms with Crippen molar-refractivity contribution in [2.75, 3.05) is 19.6 Å². The highest BCUT2D eigenvalue weighted by Gasteiger charge is 2.53. The molecule has 18 aromatic carbocycles. The molecular formula is C108H58B4N4O8. The van der Waals surface area contributed by atoms with Crippen molar-refractivity contribution in [1.29, 1.82) is 0 Å². The third kappa shape index (κ3) is 8.78. The molecule has 18 aromatic rings. The van der Waals surface area contributed by atoms with Crippen molar-refractivity contribution >= 4 is 161 Å². The number of nitrogens with zero attached hydrogens (tertiary/aromatic N) is 4. The van der Waals surface area contributed by atoms with Crippen LogP contribution in [0.25, 0.3) is 55.6 Å².